The molecule has 1 aromatic carbocycles. The van der Waals surface area contributed by atoms with Crippen LogP contribution in [-0.2, 0) is 29.1 Å². The fourth-order valence-corrected chi connectivity index (χ4v) is 6.53. The van der Waals surface area contributed by atoms with E-state index in [9.17, 15) is 16.8 Å². The summed E-state index contributed by atoms with van der Waals surface area (Å²) in [6.07, 6.45) is 0. The Balaban J connectivity index is 0.00000240. The highest BCUT2D eigenvalue weighted by atomic mass is 35.5. The van der Waals surface area contributed by atoms with Gasteiger partial charge in [-0.1, -0.05) is 11.6 Å². The highest BCUT2D eigenvalue weighted by molar-refractivity contribution is 7.92. The predicted molar refractivity (Wildman–Crippen MR) is 125 cm³/mol. The van der Waals surface area contributed by atoms with Crippen molar-refractivity contribution in [2.45, 2.75) is 9.79 Å². The third kappa shape index (κ3) is 8.28. The van der Waals surface area contributed by atoms with Crippen molar-refractivity contribution < 1.29 is 26.3 Å². The molecule has 1 aromatic rings. The lowest BCUT2D eigenvalue weighted by Gasteiger charge is -2.26. The molecule has 0 aromatic heterocycles. The number of ether oxygens (including phenoxy) is 2. The number of rotatable bonds is 8. The standard InChI is InChI=1S/C18H27ClN2O6S2.2ClH/c19-17-2-1-16(28(22,23)13-7-20-3-9-26-10-4-20)15-18(17)29(24,25)14-8-21-5-11-27-12-6-21;;/h1-2,15H,3-14H2;2*1H. The van der Waals surface area contributed by atoms with Crippen molar-refractivity contribution in [3.05, 3.63) is 23.2 Å². The molecule has 0 spiro atoms. The van der Waals surface area contributed by atoms with E-state index in [0.29, 0.717) is 65.7 Å². The smallest absolute Gasteiger partial charge is 0.181 e. The minimum absolute atomic E-state index is 0. The molecule has 2 heterocycles. The molecule has 13 heteroatoms. The largest absolute Gasteiger partial charge is 0.379 e. The van der Waals surface area contributed by atoms with E-state index in [1.54, 1.807) is 0 Å². The molecular weight excluding hydrogens is 511 g/mol. The van der Waals surface area contributed by atoms with Gasteiger partial charge in [0.2, 0.25) is 0 Å². The van der Waals surface area contributed by atoms with E-state index in [0.717, 1.165) is 0 Å². The third-order valence-electron chi connectivity index (χ3n) is 5.16. The second-order valence-corrected chi connectivity index (χ2v) is 11.7. The lowest BCUT2D eigenvalue weighted by Crippen LogP contribution is -2.39. The molecule has 0 unspecified atom stereocenters. The zero-order valence-electron chi connectivity index (χ0n) is 17.1. The van der Waals surface area contributed by atoms with Crippen molar-refractivity contribution >= 4 is 56.1 Å². The summed E-state index contributed by atoms with van der Waals surface area (Å²) in [5.41, 5.74) is 0. The molecule has 2 saturated heterocycles. The number of halogens is 3. The van der Waals surface area contributed by atoms with Gasteiger partial charge < -0.3 is 9.47 Å². The van der Waals surface area contributed by atoms with Crippen molar-refractivity contribution in [2.24, 2.45) is 0 Å². The molecule has 2 aliphatic rings. The van der Waals surface area contributed by atoms with Gasteiger partial charge in [-0.25, -0.2) is 16.8 Å². The average Bonchev–Trinajstić information content (AvgIpc) is 2.72. The Morgan fingerprint density at radius 1 is 0.774 bits per heavy atom. The molecule has 31 heavy (non-hydrogen) atoms. The zero-order chi connectivity index (χ0) is 20.9. The van der Waals surface area contributed by atoms with Gasteiger partial charge in [0, 0.05) is 39.3 Å². The molecule has 0 N–H and O–H groups in total. The molecule has 0 radical (unpaired) electrons. The monoisotopic (exact) mass is 538 g/mol. The summed E-state index contributed by atoms with van der Waals surface area (Å²) in [5, 5.41) is 0.0408. The Hall–Kier alpha value is -0.170. The van der Waals surface area contributed by atoms with E-state index >= 15 is 0 Å². The average molecular weight is 540 g/mol. The maximum Gasteiger partial charge on any atom is 0.181 e. The number of hydrogen-bond acceptors (Lipinski definition) is 8. The topological polar surface area (TPSA) is 93.2 Å². The maximum absolute atomic E-state index is 12.8. The molecule has 3 rings (SSSR count). The lowest BCUT2D eigenvalue weighted by molar-refractivity contribution is 0.0407. The highest BCUT2D eigenvalue weighted by Crippen LogP contribution is 2.26. The van der Waals surface area contributed by atoms with E-state index in [4.69, 9.17) is 21.1 Å². The van der Waals surface area contributed by atoms with Crippen LogP contribution in [0.1, 0.15) is 0 Å². The summed E-state index contributed by atoms with van der Waals surface area (Å²) < 4.78 is 61.7. The van der Waals surface area contributed by atoms with Crippen LogP contribution >= 0.6 is 36.4 Å². The molecule has 2 aliphatic heterocycles. The van der Waals surface area contributed by atoms with E-state index in [-0.39, 0.29) is 51.1 Å². The van der Waals surface area contributed by atoms with Gasteiger partial charge in [-0.3, -0.25) is 9.80 Å². The van der Waals surface area contributed by atoms with Crippen LogP contribution in [-0.4, -0.2) is 104 Å². The van der Waals surface area contributed by atoms with Crippen molar-refractivity contribution in [2.75, 3.05) is 77.2 Å². The Labute approximate surface area is 201 Å². The second-order valence-electron chi connectivity index (χ2n) is 7.14. The summed E-state index contributed by atoms with van der Waals surface area (Å²) in [6, 6.07) is 3.92. The fourth-order valence-electron chi connectivity index (χ4n) is 3.29. The van der Waals surface area contributed by atoms with E-state index in [2.05, 4.69) is 0 Å². The van der Waals surface area contributed by atoms with Crippen LogP contribution in [0.3, 0.4) is 0 Å². The van der Waals surface area contributed by atoms with Crippen molar-refractivity contribution in [3.8, 4) is 0 Å². The molecule has 8 nitrogen and oxygen atoms in total. The SMILES string of the molecule is Cl.Cl.O=S(=O)(CCN1CCOCC1)c1ccc(Cl)c(S(=O)(=O)CCN2CCOCC2)c1. The molecule has 0 bridgehead atoms. The van der Waals surface area contributed by atoms with Crippen LogP contribution in [0.5, 0.6) is 0 Å². The van der Waals surface area contributed by atoms with Crippen LogP contribution in [0.4, 0.5) is 0 Å². The third-order valence-corrected chi connectivity index (χ3v) is 9.02. The Morgan fingerprint density at radius 2 is 1.23 bits per heavy atom. The first-order valence-corrected chi connectivity index (χ1v) is 13.3. The van der Waals surface area contributed by atoms with Gasteiger partial charge in [0.15, 0.2) is 19.7 Å². The predicted octanol–water partition coefficient (Wildman–Crippen LogP) is 1.40. The molecule has 0 saturated carbocycles. The first-order valence-electron chi connectivity index (χ1n) is 9.63. The first kappa shape index (κ1) is 28.9. The van der Waals surface area contributed by atoms with Crippen LogP contribution in [0.15, 0.2) is 28.0 Å². The van der Waals surface area contributed by atoms with Gasteiger partial charge in [-0.15, -0.1) is 24.8 Å². The first-order chi connectivity index (χ1) is 13.8. The summed E-state index contributed by atoms with van der Waals surface area (Å²) in [6.45, 7) is 5.82. The van der Waals surface area contributed by atoms with E-state index in [1.807, 2.05) is 9.80 Å². The molecule has 0 aliphatic carbocycles. The van der Waals surface area contributed by atoms with Gasteiger partial charge in [0.05, 0.1) is 52.7 Å². The molecule has 2 fully saturated rings. The maximum atomic E-state index is 12.8. The summed E-state index contributed by atoms with van der Waals surface area (Å²) >= 11 is 6.12. The van der Waals surface area contributed by atoms with E-state index in [1.165, 1.54) is 18.2 Å². The van der Waals surface area contributed by atoms with Gasteiger partial charge in [-0.05, 0) is 18.2 Å². The van der Waals surface area contributed by atoms with Gasteiger partial charge >= 0.3 is 0 Å². The number of nitrogens with zero attached hydrogens (tertiary/aromatic N) is 2. The quantitative estimate of drug-likeness (QED) is 0.489. The second kappa shape index (κ2) is 12.9. The Bertz CT molecular complexity index is 903. The lowest BCUT2D eigenvalue weighted by atomic mass is 10.4. The number of morpholine rings is 2. The van der Waals surface area contributed by atoms with Crippen LogP contribution in [0.2, 0.25) is 5.02 Å². The molecule has 180 valence electrons. The molecule has 0 amide bonds. The van der Waals surface area contributed by atoms with Crippen LogP contribution < -0.4 is 0 Å². The zero-order valence-corrected chi connectivity index (χ0v) is 21.1. The van der Waals surface area contributed by atoms with Crippen LogP contribution in [0, 0.1) is 0 Å². The van der Waals surface area contributed by atoms with Gasteiger partial charge in [0.25, 0.3) is 0 Å². The highest BCUT2D eigenvalue weighted by Gasteiger charge is 2.25. The number of hydrogen-bond donors (Lipinski definition) is 0. The summed E-state index contributed by atoms with van der Waals surface area (Å²) in [5.74, 6) is -0.202. The van der Waals surface area contributed by atoms with Crippen molar-refractivity contribution in [1.29, 1.82) is 0 Å². The summed E-state index contributed by atoms with van der Waals surface area (Å²) in [4.78, 5) is 3.90. The normalized spacial score (nSPS) is 18.7. The summed E-state index contributed by atoms with van der Waals surface area (Å²) in [7, 11) is -7.34. The Kier molecular flexibility index (Phi) is 12.0. The van der Waals surface area contributed by atoms with Crippen molar-refractivity contribution in [1.82, 2.24) is 9.80 Å². The Morgan fingerprint density at radius 3 is 1.71 bits per heavy atom. The molecular formula is C18H29Cl3N2O6S2. The number of sulfone groups is 2. The van der Waals surface area contributed by atoms with Gasteiger partial charge in [0.1, 0.15) is 0 Å². The van der Waals surface area contributed by atoms with E-state index < -0.39 is 19.7 Å². The van der Waals surface area contributed by atoms with Gasteiger partial charge in [-0.2, -0.15) is 0 Å². The van der Waals surface area contributed by atoms with Crippen molar-refractivity contribution in [3.63, 3.8) is 0 Å². The number of benzene rings is 1. The fraction of sp³-hybridized carbons (Fsp3) is 0.667. The minimum atomic E-state index is -3.71. The van der Waals surface area contributed by atoms with Crippen LogP contribution in [0.25, 0.3) is 0 Å². The minimum Gasteiger partial charge on any atom is -0.379 e. The molecule has 0 atom stereocenters.